The highest BCUT2D eigenvalue weighted by Gasteiger charge is 2.23. The van der Waals surface area contributed by atoms with Crippen LogP contribution in [0.15, 0.2) is 97.1 Å². The van der Waals surface area contributed by atoms with Crippen LogP contribution in [0.5, 0.6) is 11.5 Å². The number of thiophene rings is 1. The molecule has 228 valence electrons. The van der Waals surface area contributed by atoms with Gasteiger partial charge in [-0.3, -0.25) is 0 Å². The van der Waals surface area contributed by atoms with E-state index in [9.17, 15) is 0 Å². The summed E-state index contributed by atoms with van der Waals surface area (Å²) in [6.07, 6.45) is 0. The third kappa shape index (κ3) is 6.10. The Kier molecular flexibility index (Phi) is 8.00. The number of methoxy groups -OCH3 is 2. The van der Waals surface area contributed by atoms with Crippen LogP contribution in [0.2, 0.25) is 0 Å². The maximum atomic E-state index is 5.46. The Hall–Kier alpha value is -4.48. The van der Waals surface area contributed by atoms with E-state index in [2.05, 4.69) is 114 Å². The largest absolute Gasteiger partial charge is 0.497 e. The van der Waals surface area contributed by atoms with Gasteiger partial charge in [0.15, 0.2) is 0 Å². The first-order chi connectivity index (χ1) is 21.5. The van der Waals surface area contributed by atoms with E-state index in [4.69, 9.17) is 19.4 Å². The van der Waals surface area contributed by atoms with Crippen LogP contribution in [0.4, 0.5) is 0 Å². The fraction of sp³-hybridized carbons (Fsp3) is 0.250. The molecular formula is C40H40N2O2S. The van der Waals surface area contributed by atoms with Gasteiger partial charge in [-0.15, -0.1) is 11.3 Å². The molecule has 4 aromatic carbocycles. The van der Waals surface area contributed by atoms with E-state index in [1.807, 2.05) is 24.3 Å². The smallest absolute Gasteiger partial charge is 0.118 e. The number of rotatable bonds is 6. The summed E-state index contributed by atoms with van der Waals surface area (Å²) in [6, 6.07) is 34.0. The van der Waals surface area contributed by atoms with Crippen molar-refractivity contribution in [3.63, 3.8) is 0 Å². The minimum Gasteiger partial charge on any atom is -0.497 e. The van der Waals surface area contributed by atoms with Gasteiger partial charge in [-0.25, -0.2) is 9.97 Å². The van der Waals surface area contributed by atoms with Crippen molar-refractivity contribution in [3.05, 3.63) is 108 Å². The van der Waals surface area contributed by atoms with Crippen molar-refractivity contribution >= 4 is 22.4 Å². The van der Waals surface area contributed by atoms with Gasteiger partial charge in [0, 0.05) is 11.1 Å². The van der Waals surface area contributed by atoms with Gasteiger partial charge in [0.1, 0.15) is 22.5 Å². The molecule has 0 bridgehead atoms. The highest BCUT2D eigenvalue weighted by atomic mass is 32.1. The van der Waals surface area contributed by atoms with Gasteiger partial charge in [-0.2, -0.15) is 0 Å². The Morgan fingerprint density at radius 3 is 1.04 bits per heavy atom. The van der Waals surface area contributed by atoms with Crippen LogP contribution >= 0.6 is 11.3 Å². The Morgan fingerprint density at radius 1 is 0.444 bits per heavy atom. The lowest BCUT2D eigenvalue weighted by Gasteiger charge is -2.19. The third-order valence-corrected chi connectivity index (χ3v) is 9.55. The van der Waals surface area contributed by atoms with E-state index in [1.54, 1.807) is 25.6 Å². The normalized spacial score (nSPS) is 12.0. The summed E-state index contributed by atoms with van der Waals surface area (Å²) in [6.45, 7) is 13.5. The molecule has 6 aromatic rings. The molecule has 4 nitrogen and oxygen atoms in total. The summed E-state index contributed by atoms with van der Waals surface area (Å²) in [7, 11) is 3.36. The molecule has 0 aliphatic carbocycles. The van der Waals surface area contributed by atoms with Gasteiger partial charge in [0.05, 0.1) is 35.4 Å². The number of nitrogens with zero attached hydrogens (tertiary/aromatic N) is 2. The standard InChI is InChI=1S/C40H40N2O2S/c1-39(2,3)29-17-9-27(10-18-29)37-35-36(38(45-37)28-11-19-30(20-12-28)40(4,5)6)42-34(26-15-23-32(44-8)24-16-26)33(41-35)25-13-21-31(43-7)22-14-25/h9-24H,1-8H3. The highest BCUT2D eigenvalue weighted by Crippen LogP contribution is 2.45. The Labute approximate surface area is 270 Å². The third-order valence-electron chi connectivity index (χ3n) is 8.28. The number of hydrogen-bond donors (Lipinski definition) is 0. The summed E-state index contributed by atoms with van der Waals surface area (Å²) in [5, 5.41) is 0. The second-order valence-corrected chi connectivity index (χ2v) is 14.5. The lowest BCUT2D eigenvalue weighted by Crippen LogP contribution is -2.10. The molecule has 2 aromatic heterocycles. The summed E-state index contributed by atoms with van der Waals surface area (Å²) in [5.41, 5.74) is 10.5. The SMILES string of the molecule is COc1ccc(-c2nc3c(-c4ccc(C(C)(C)C)cc4)sc(-c4ccc(C(C)(C)C)cc4)c3nc2-c2ccc(OC)cc2)cc1. The Bertz CT molecular complexity index is 1800. The maximum Gasteiger partial charge on any atom is 0.118 e. The fourth-order valence-corrected chi connectivity index (χ4v) is 6.68. The number of ether oxygens (including phenoxy) is 2. The van der Waals surface area contributed by atoms with E-state index in [0.29, 0.717) is 0 Å². The zero-order valence-electron chi connectivity index (χ0n) is 27.4. The van der Waals surface area contributed by atoms with Crippen molar-refractivity contribution in [2.45, 2.75) is 52.4 Å². The van der Waals surface area contributed by atoms with Crippen molar-refractivity contribution < 1.29 is 9.47 Å². The highest BCUT2D eigenvalue weighted by molar-refractivity contribution is 7.20. The molecule has 0 N–H and O–H groups in total. The fourth-order valence-electron chi connectivity index (χ4n) is 5.49. The maximum absolute atomic E-state index is 5.46. The van der Waals surface area contributed by atoms with E-state index >= 15 is 0 Å². The van der Waals surface area contributed by atoms with Crippen LogP contribution in [0, 0.1) is 0 Å². The molecule has 0 fully saturated rings. The Balaban J connectivity index is 1.63. The molecule has 0 atom stereocenters. The van der Waals surface area contributed by atoms with Crippen LogP contribution in [0.1, 0.15) is 52.7 Å². The first-order valence-corrected chi connectivity index (χ1v) is 16.1. The van der Waals surface area contributed by atoms with E-state index < -0.39 is 0 Å². The predicted molar refractivity (Wildman–Crippen MR) is 190 cm³/mol. The van der Waals surface area contributed by atoms with Crippen LogP contribution in [-0.2, 0) is 10.8 Å². The van der Waals surface area contributed by atoms with Crippen molar-refractivity contribution in [1.82, 2.24) is 9.97 Å². The first-order valence-electron chi connectivity index (χ1n) is 15.3. The minimum absolute atomic E-state index is 0.0740. The van der Waals surface area contributed by atoms with Gasteiger partial charge < -0.3 is 9.47 Å². The van der Waals surface area contributed by atoms with Crippen LogP contribution in [0.3, 0.4) is 0 Å². The number of benzene rings is 4. The summed E-state index contributed by atoms with van der Waals surface area (Å²) >= 11 is 1.76. The first kappa shape index (κ1) is 30.5. The van der Waals surface area contributed by atoms with Gasteiger partial charge >= 0.3 is 0 Å². The van der Waals surface area contributed by atoms with Gasteiger partial charge in [0.2, 0.25) is 0 Å². The van der Waals surface area contributed by atoms with Crippen molar-refractivity contribution in [3.8, 4) is 54.9 Å². The van der Waals surface area contributed by atoms with E-state index in [0.717, 1.165) is 65.9 Å². The average Bonchev–Trinajstić information content (AvgIpc) is 3.42. The molecule has 0 amide bonds. The zero-order chi connectivity index (χ0) is 31.9. The summed E-state index contributed by atoms with van der Waals surface area (Å²) in [5.74, 6) is 1.60. The summed E-state index contributed by atoms with van der Waals surface area (Å²) < 4.78 is 10.9. The molecule has 0 radical (unpaired) electrons. The minimum atomic E-state index is 0.0740. The zero-order valence-corrected chi connectivity index (χ0v) is 28.2. The topological polar surface area (TPSA) is 44.2 Å². The molecule has 2 heterocycles. The lowest BCUT2D eigenvalue weighted by molar-refractivity contribution is 0.414. The molecule has 0 unspecified atom stereocenters. The second-order valence-electron chi connectivity index (χ2n) is 13.5. The van der Waals surface area contributed by atoms with Crippen molar-refractivity contribution in [1.29, 1.82) is 0 Å². The van der Waals surface area contributed by atoms with Gasteiger partial charge in [0.25, 0.3) is 0 Å². The van der Waals surface area contributed by atoms with Crippen molar-refractivity contribution in [2.75, 3.05) is 14.2 Å². The van der Waals surface area contributed by atoms with Crippen LogP contribution in [0.25, 0.3) is 54.4 Å². The van der Waals surface area contributed by atoms with E-state index in [1.165, 1.54) is 11.1 Å². The number of fused-ring (bicyclic) bond motifs is 1. The monoisotopic (exact) mass is 612 g/mol. The molecule has 6 rings (SSSR count). The average molecular weight is 613 g/mol. The van der Waals surface area contributed by atoms with Crippen LogP contribution < -0.4 is 9.47 Å². The molecule has 45 heavy (non-hydrogen) atoms. The van der Waals surface area contributed by atoms with Crippen molar-refractivity contribution in [2.24, 2.45) is 0 Å². The molecule has 5 heteroatoms. The predicted octanol–water partition coefficient (Wildman–Crippen LogP) is 11.0. The molecule has 0 spiro atoms. The molecule has 0 saturated carbocycles. The second kappa shape index (κ2) is 11.8. The molecular weight excluding hydrogens is 573 g/mol. The Morgan fingerprint density at radius 2 is 0.756 bits per heavy atom. The number of hydrogen-bond acceptors (Lipinski definition) is 5. The number of aromatic nitrogens is 2. The molecule has 0 aliphatic heterocycles. The van der Waals surface area contributed by atoms with Crippen LogP contribution in [-0.4, -0.2) is 24.2 Å². The lowest BCUT2D eigenvalue weighted by atomic mass is 9.86. The van der Waals surface area contributed by atoms with E-state index in [-0.39, 0.29) is 10.8 Å². The molecule has 0 aliphatic rings. The molecule has 0 saturated heterocycles. The summed E-state index contributed by atoms with van der Waals surface area (Å²) in [4.78, 5) is 13.1. The quantitative estimate of drug-likeness (QED) is 0.188. The van der Waals surface area contributed by atoms with Gasteiger partial charge in [-0.05, 0) is 81.6 Å². The van der Waals surface area contributed by atoms with Gasteiger partial charge in [-0.1, -0.05) is 90.1 Å².